The zero-order valence-corrected chi connectivity index (χ0v) is 20.3. The molecule has 8 heteroatoms. The van der Waals surface area contributed by atoms with Crippen molar-refractivity contribution in [2.45, 2.75) is 0 Å². The molecule has 0 aliphatic carbocycles. The Bertz CT molecular complexity index is 1660. The monoisotopic (exact) mass is 507 g/mol. The van der Waals surface area contributed by atoms with Crippen LogP contribution in [0, 0.1) is 5.82 Å². The number of benzene rings is 4. The predicted octanol–water partition coefficient (Wildman–Crippen LogP) is 5.97. The molecule has 1 amide bonds. The molecule has 0 spiro atoms. The molecule has 38 heavy (non-hydrogen) atoms. The molecule has 2 N–H and O–H groups in total. The number of aromatic amines is 1. The molecule has 0 saturated heterocycles. The summed E-state index contributed by atoms with van der Waals surface area (Å²) in [5.74, 6) is -0.795. The highest BCUT2D eigenvalue weighted by Crippen LogP contribution is 2.33. The van der Waals surface area contributed by atoms with E-state index in [2.05, 4.69) is 15.5 Å². The Morgan fingerprint density at radius 1 is 0.921 bits per heavy atom. The minimum atomic E-state index is -0.568. The van der Waals surface area contributed by atoms with Crippen molar-refractivity contribution < 1.29 is 23.5 Å². The van der Waals surface area contributed by atoms with Gasteiger partial charge in [0.2, 0.25) is 0 Å². The highest BCUT2D eigenvalue weighted by molar-refractivity contribution is 6.10. The molecule has 5 rings (SSSR count). The molecule has 0 fully saturated rings. The van der Waals surface area contributed by atoms with Crippen LogP contribution in [0.4, 0.5) is 4.39 Å². The number of para-hydroxylation sites is 2. The summed E-state index contributed by atoms with van der Waals surface area (Å²) in [6.45, 7) is 0. The van der Waals surface area contributed by atoms with Crippen LogP contribution in [0.1, 0.15) is 26.4 Å². The summed E-state index contributed by atoms with van der Waals surface area (Å²) in [7, 11) is 1.51. The summed E-state index contributed by atoms with van der Waals surface area (Å²) in [5.41, 5.74) is 5.01. The Kier molecular flexibility index (Phi) is 6.95. The van der Waals surface area contributed by atoms with E-state index in [4.69, 9.17) is 9.47 Å². The van der Waals surface area contributed by atoms with Crippen molar-refractivity contribution >= 4 is 29.0 Å². The Morgan fingerprint density at radius 2 is 1.68 bits per heavy atom. The molecule has 7 nitrogen and oxygen atoms in total. The molecule has 188 valence electrons. The number of hydrogen-bond donors (Lipinski definition) is 2. The molecule has 0 radical (unpaired) electrons. The number of aromatic nitrogens is 1. The second-order valence-electron chi connectivity index (χ2n) is 8.26. The van der Waals surface area contributed by atoms with Crippen LogP contribution in [0.3, 0.4) is 0 Å². The highest BCUT2D eigenvalue weighted by Gasteiger charge is 2.20. The predicted molar refractivity (Wildman–Crippen MR) is 143 cm³/mol. The Morgan fingerprint density at radius 3 is 2.50 bits per heavy atom. The van der Waals surface area contributed by atoms with Crippen molar-refractivity contribution in [3.63, 3.8) is 0 Å². The second-order valence-corrected chi connectivity index (χ2v) is 8.26. The molecular formula is C30H22FN3O4. The number of fused-ring (bicyclic) bond motifs is 1. The van der Waals surface area contributed by atoms with Gasteiger partial charge in [-0.2, -0.15) is 5.10 Å². The first kappa shape index (κ1) is 24.5. The van der Waals surface area contributed by atoms with Gasteiger partial charge in [-0.25, -0.2) is 14.6 Å². The third-order valence-electron chi connectivity index (χ3n) is 5.87. The summed E-state index contributed by atoms with van der Waals surface area (Å²) in [6.07, 6.45) is 1.37. The summed E-state index contributed by atoms with van der Waals surface area (Å²) >= 11 is 0. The van der Waals surface area contributed by atoms with E-state index < -0.39 is 17.7 Å². The average Bonchev–Trinajstić information content (AvgIpc) is 3.35. The quantitative estimate of drug-likeness (QED) is 0.123. The Balaban J connectivity index is 1.39. The molecule has 1 heterocycles. The SMILES string of the molecule is COc1cccc(C(=O)Oc2ccccc2C=NNC(=O)c2[nH]c3c(F)cccc3c2-c2ccccc2)c1. The van der Waals surface area contributed by atoms with E-state index in [1.165, 1.54) is 19.4 Å². The number of nitrogens with zero attached hydrogens (tertiary/aromatic N) is 1. The summed E-state index contributed by atoms with van der Waals surface area (Å²) < 4.78 is 25.2. The molecule has 0 aliphatic rings. The first-order valence-corrected chi connectivity index (χ1v) is 11.7. The van der Waals surface area contributed by atoms with Gasteiger partial charge in [-0.3, -0.25) is 4.79 Å². The number of esters is 1. The van der Waals surface area contributed by atoms with Crippen molar-refractivity contribution in [2.24, 2.45) is 5.10 Å². The fourth-order valence-corrected chi connectivity index (χ4v) is 4.06. The Labute approximate surface area is 217 Å². The maximum Gasteiger partial charge on any atom is 0.343 e. The number of H-pyrrole nitrogens is 1. The summed E-state index contributed by atoms with van der Waals surface area (Å²) in [4.78, 5) is 28.7. The van der Waals surface area contributed by atoms with Gasteiger partial charge in [-0.05, 0) is 42.0 Å². The highest BCUT2D eigenvalue weighted by atomic mass is 19.1. The molecule has 1 aromatic heterocycles. The van der Waals surface area contributed by atoms with Gasteiger partial charge in [0.25, 0.3) is 5.91 Å². The van der Waals surface area contributed by atoms with E-state index >= 15 is 0 Å². The minimum absolute atomic E-state index is 0.172. The van der Waals surface area contributed by atoms with Gasteiger partial charge in [0.1, 0.15) is 23.0 Å². The van der Waals surface area contributed by atoms with Gasteiger partial charge < -0.3 is 14.5 Å². The van der Waals surface area contributed by atoms with E-state index in [9.17, 15) is 14.0 Å². The van der Waals surface area contributed by atoms with Crippen LogP contribution in [0.5, 0.6) is 11.5 Å². The van der Waals surface area contributed by atoms with Crippen molar-refractivity contribution in [3.05, 3.63) is 120 Å². The van der Waals surface area contributed by atoms with Crippen molar-refractivity contribution in [3.8, 4) is 22.6 Å². The fourth-order valence-electron chi connectivity index (χ4n) is 4.06. The number of amides is 1. The molecular weight excluding hydrogens is 485 g/mol. The lowest BCUT2D eigenvalue weighted by molar-refractivity contribution is 0.0733. The van der Waals surface area contributed by atoms with Crippen LogP contribution in [0.15, 0.2) is 102 Å². The number of carbonyl (C=O) groups excluding carboxylic acids is 2. The number of methoxy groups -OCH3 is 1. The van der Waals surface area contributed by atoms with E-state index in [1.807, 2.05) is 30.3 Å². The van der Waals surface area contributed by atoms with Gasteiger partial charge in [0.15, 0.2) is 0 Å². The van der Waals surface area contributed by atoms with Crippen molar-refractivity contribution in [1.82, 2.24) is 10.4 Å². The molecule has 0 aliphatic heterocycles. The molecule has 0 bridgehead atoms. The number of hydrogen-bond acceptors (Lipinski definition) is 5. The molecule has 0 unspecified atom stereocenters. The normalized spacial score (nSPS) is 11.0. The number of rotatable bonds is 7. The van der Waals surface area contributed by atoms with Crippen LogP contribution in [0.2, 0.25) is 0 Å². The van der Waals surface area contributed by atoms with Crippen LogP contribution >= 0.6 is 0 Å². The number of halogens is 1. The van der Waals surface area contributed by atoms with Crippen LogP contribution in [-0.4, -0.2) is 30.2 Å². The van der Waals surface area contributed by atoms with Gasteiger partial charge >= 0.3 is 5.97 Å². The third-order valence-corrected chi connectivity index (χ3v) is 5.87. The van der Waals surface area contributed by atoms with Crippen LogP contribution < -0.4 is 14.9 Å². The van der Waals surface area contributed by atoms with E-state index in [-0.39, 0.29) is 17.0 Å². The van der Waals surface area contributed by atoms with Crippen LogP contribution in [0.25, 0.3) is 22.0 Å². The number of ether oxygens (including phenoxy) is 2. The zero-order chi connectivity index (χ0) is 26.5. The number of carbonyl (C=O) groups is 2. The smallest absolute Gasteiger partial charge is 0.343 e. The number of nitrogens with one attached hydrogen (secondary N) is 2. The lowest BCUT2D eigenvalue weighted by Gasteiger charge is -2.08. The van der Waals surface area contributed by atoms with E-state index in [1.54, 1.807) is 60.7 Å². The maximum atomic E-state index is 14.5. The first-order valence-electron chi connectivity index (χ1n) is 11.7. The standard InChI is InChI=1S/C30H22FN3O4/c1-37-22-13-7-12-20(17-22)30(36)38-25-16-6-5-11-21(25)18-32-34-29(35)28-26(19-9-3-2-4-10-19)23-14-8-15-24(31)27(23)33-28/h2-18,33H,1H3,(H,34,35). The van der Waals surface area contributed by atoms with Gasteiger partial charge in [0, 0.05) is 16.5 Å². The maximum absolute atomic E-state index is 14.5. The van der Waals surface area contributed by atoms with Crippen LogP contribution in [-0.2, 0) is 0 Å². The lowest BCUT2D eigenvalue weighted by atomic mass is 10.0. The lowest BCUT2D eigenvalue weighted by Crippen LogP contribution is -2.19. The van der Waals surface area contributed by atoms with Crippen molar-refractivity contribution in [2.75, 3.05) is 7.11 Å². The molecule has 0 atom stereocenters. The molecule has 0 saturated carbocycles. The average molecular weight is 508 g/mol. The van der Waals surface area contributed by atoms with Crippen molar-refractivity contribution in [1.29, 1.82) is 0 Å². The minimum Gasteiger partial charge on any atom is -0.497 e. The zero-order valence-electron chi connectivity index (χ0n) is 20.3. The Hall–Kier alpha value is -5.24. The first-order chi connectivity index (χ1) is 18.5. The van der Waals surface area contributed by atoms with Gasteiger partial charge in [0.05, 0.1) is 24.4 Å². The topological polar surface area (TPSA) is 92.8 Å². The summed E-state index contributed by atoms with van der Waals surface area (Å²) in [6, 6.07) is 27.3. The van der Waals surface area contributed by atoms with E-state index in [0.29, 0.717) is 27.8 Å². The van der Waals surface area contributed by atoms with Gasteiger partial charge in [-0.1, -0.05) is 60.7 Å². The largest absolute Gasteiger partial charge is 0.497 e. The second kappa shape index (κ2) is 10.8. The molecule has 5 aromatic rings. The fraction of sp³-hybridized carbons (Fsp3) is 0.0333. The third kappa shape index (κ3) is 5.01. The number of hydrazone groups is 1. The van der Waals surface area contributed by atoms with E-state index in [0.717, 1.165) is 5.56 Å². The molecule has 4 aromatic carbocycles. The van der Waals surface area contributed by atoms with Gasteiger partial charge in [-0.15, -0.1) is 0 Å². The summed E-state index contributed by atoms with van der Waals surface area (Å²) in [5, 5.41) is 4.65.